The van der Waals surface area contributed by atoms with Crippen molar-refractivity contribution in [1.82, 2.24) is 0 Å². The smallest absolute Gasteiger partial charge is 0.231 e. The molecule has 82 valence electrons. The highest BCUT2D eigenvalue weighted by atomic mass is 35.5. The third kappa shape index (κ3) is 1.60. The van der Waals surface area contributed by atoms with Crippen LogP contribution in [0.2, 0.25) is 5.02 Å². The van der Waals surface area contributed by atoms with Crippen molar-refractivity contribution in [2.45, 2.75) is 13.0 Å². The van der Waals surface area contributed by atoms with Gasteiger partial charge >= 0.3 is 0 Å². The molecule has 1 N–H and O–H groups in total. The number of rotatable bonds is 2. The minimum Gasteiger partial charge on any atom is -0.495 e. The number of hydrogen-bond donors (Lipinski definition) is 1. The number of benzene rings is 1. The largest absolute Gasteiger partial charge is 0.495 e. The van der Waals surface area contributed by atoms with Gasteiger partial charge in [0.25, 0.3) is 0 Å². The predicted octanol–water partition coefficient (Wildman–Crippen LogP) is 2.13. The Balaban J connectivity index is 2.61. The van der Waals surface area contributed by atoms with Crippen molar-refractivity contribution >= 4 is 11.6 Å². The molecule has 0 saturated carbocycles. The van der Waals surface area contributed by atoms with Crippen LogP contribution in [0.25, 0.3) is 0 Å². The van der Waals surface area contributed by atoms with Crippen molar-refractivity contribution in [3.8, 4) is 17.2 Å². The molecule has 0 radical (unpaired) electrons. The summed E-state index contributed by atoms with van der Waals surface area (Å²) in [6, 6.07) is 1.68. The van der Waals surface area contributed by atoms with Crippen molar-refractivity contribution in [1.29, 1.82) is 0 Å². The summed E-state index contributed by atoms with van der Waals surface area (Å²) in [6.07, 6.45) is -0.674. The van der Waals surface area contributed by atoms with Gasteiger partial charge in [-0.3, -0.25) is 0 Å². The third-order valence-corrected chi connectivity index (χ3v) is 2.59. The van der Waals surface area contributed by atoms with Gasteiger partial charge in [0.05, 0.1) is 13.2 Å². The van der Waals surface area contributed by atoms with Crippen LogP contribution in [-0.2, 0) is 0 Å². The quantitative estimate of drug-likeness (QED) is 0.846. The molecule has 1 aliphatic heterocycles. The van der Waals surface area contributed by atoms with Crippen LogP contribution in [0.3, 0.4) is 0 Å². The van der Waals surface area contributed by atoms with Gasteiger partial charge in [-0.05, 0) is 13.0 Å². The van der Waals surface area contributed by atoms with Crippen LogP contribution in [0, 0.1) is 0 Å². The fraction of sp³-hybridized carbons (Fsp3) is 0.400. The average Bonchev–Trinajstić information content (AvgIpc) is 2.65. The van der Waals surface area contributed by atoms with Crippen LogP contribution in [0.15, 0.2) is 6.07 Å². The molecule has 0 aliphatic carbocycles. The molecule has 1 aromatic rings. The summed E-state index contributed by atoms with van der Waals surface area (Å²) < 4.78 is 15.5. The van der Waals surface area contributed by atoms with E-state index in [4.69, 9.17) is 25.8 Å². The van der Waals surface area contributed by atoms with Crippen LogP contribution in [-0.4, -0.2) is 19.0 Å². The second-order valence-electron chi connectivity index (χ2n) is 3.22. The Morgan fingerprint density at radius 2 is 2.27 bits per heavy atom. The van der Waals surface area contributed by atoms with Crippen LogP contribution in [0.4, 0.5) is 0 Å². The van der Waals surface area contributed by atoms with Crippen LogP contribution < -0.4 is 14.2 Å². The van der Waals surface area contributed by atoms with Gasteiger partial charge in [-0.15, -0.1) is 0 Å². The van der Waals surface area contributed by atoms with Gasteiger partial charge in [-0.25, -0.2) is 0 Å². The summed E-state index contributed by atoms with van der Waals surface area (Å²) in [6.45, 7) is 1.78. The molecule has 0 saturated heterocycles. The molecule has 0 amide bonds. The fourth-order valence-corrected chi connectivity index (χ4v) is 1.86. The number of hydrogen-bond acceptors (Lipinski definition) is 4. The molecule has 0 bridgehead atoms. The lowest BCUT2D eigenvalue weighted by molar-refractivity contribution is 0.173. The molecular weight excluding hydrogens is 220 g/mol. The Morgan fingerprint density at radius 3 is 2.87 bits per heavy atom. The molecule has 5 heteroatoms. The zero-order valence-electron chi connectivity index (χ0n) is 8.41. The van der Waals surface area contributed by atoms with Crippen molar-refractivity contribution in [3.63, 3.8) is 0 Å². The maximum absolute atomic E-state index is 9.56. The van der Waals surface area contributed by atoms with E-state index in [2.05, 4.69) is 0 Å². The van der Waals surface area contributed by atoms with Gasteiger partial charge in [0.1, 0.15) is 10.8 Å². The van der Waals surface area contributed by atoms with E-state index in [1.165, 1.54) is 7.11 Å². The first-order valence-electron chi connectivity index (χ1n) is 4.49. The molecule has 2 rings (SSSR count). The molecule has 1 heterocycles. The van der Waals surface area contributed by atoms with Gasteiger partial charge in [-0.2, -0.15) is 0 Å². The Bertz CT molecular complexity index is 389. The first-order valence-corrected chi connectivity index (χ1v) is 4.87. The molecular formula is C10H11ClO4. The van der Waals surface area contributed by atoms with Gasteiger partial charge in [0.2, 0.25) is 6.79 Å². The number of halogens is 1. The van der Waals surface area contributed by atoms with Gasteiger partial charge < -0.3 is 19.3 Å². The van der Waals surface area contributed by atoms with Crippen molar-refractivity contribution in [3.05, 3.63) is 16.7 Å². The van der Waals surface area contributed by atoms with E-state index in [0.29, 0.717) is 27.8 Å². The zero-order chi connectivity index (χ0) is 11.0. The SMILES string of the molecule is COc1c(C(C)O)cc2c(c1Cl)OCO2. The monoisotopic (exact) mass is 230 g/mol. The van der Waals surface area contributed by atoms with Crippen LogP contribution in [0.5, 0.6) is 17.2 Å². The zero-order valence-corrected chi connectivity index (χ0v) is 9.17. The maximum atomic E-state index is 9.56. The minimum atomic E-state index is -0.674. The normalized spacial score (nSPS) is 15.2. The second kappa shape index (κ2) is 3.79. The summed E-state index contributed by atoms with van der Waals surface area (Å²) in [5.41, 5.74) is 0.590. The van der Waals surface area contributed by atoms with Crippen LogP contribution in [0.1, 0.15) is 18.6 Å². The lowest BCUT2D eigenvalue weighted by Crippen LogP contribution is -1.97. The third-order valence-electron chi connectivity index (χ3n) is 2.24. The number of aliphatic hydroxyl groups is 1. The highest BCUT2D eigenvalue weighted by molar-refractivity contribution is 6.34. The van der Waals surface area contributed by atoms with E-state index in [9.17, 15) is 5.11 Å². The lowest BCUT2D eigenvalue weighted by Gasteiger charge is -2.13. The van der Waals surface area contributed by atoms with E-state index in [-0.39, 0.29) is 6.79 Å². The number of methoxy groups -OCH3 is 1. The molecule has 4 nitrogen and oxygen atoms in total. The number of fused-ring (bicyclic) bond motifs is 1. The van der Waals surface area contributed by atoms with Crippen molar-refractivity contribution in [2.75, 3.05) is 13.9 Å². The Morgan fingerprint density at radius 1 is 1.53 bits per heavy atom. The van der Waals surface area contributed by atoms with Crippen LogP contribution >= 0.6 is 11.6 Å². The Labute approximate surface area is 92.3 Å². The standard InChI is InChI=1S/C10H11ClO4/c1-5(12)6-3-7-10(15-4-14-7)8(11)9(6)13-2/h3,5,12H,4H2,1-2H3. The topological polar surface area (TPSA) is 47.9 Å². The molecule has 0 spiro atoms. The summed E-state index contributed by atoms with van der Waals surface area (Å²) in [5.74, 6) is 1.44. The second-order valence-corrected chi connectivity index (χ2v) is 3.60. The predicted molar refractivity (Wildman–Crippen MR) is 54.8 cm³/mol. The van der Waals surface area contributed by atoms with E-state index in [0.717, 1.165) is 0 Å². The molecule has 15 heavy (non-hydrogen) atoms. The van der Waals surface area contributed by atoms with Crippen molar-refractivity contribution in [2.24, 2.45) is 0 Å². The highest BCUT2D eigenvalue weighted by Crippen LogP contribution is 2.47. The molecule has 1 aliphatic rings. The average molecular weight is 231 g/mol. The highest BCUT2D eigenvalue weighted by Gasteiger charge is 2.25. The lowest BCUT2D eigenvalue weighted by atomic mass is 10.1. The number of aliphatic hydroxyl groups excluding tert-OH is 1. The molecule has 0 fully saturated rings. The van der Waals surface area contributed by atoms with Gasteiger partial charge in [-0.1, -0.05) is 11.6 Å². The Kier molecular flexibility index (Phi) is 2.63. The summed E-state index contributed by atoms with van der Waals surface area (Å²) in [4.78, 5) is 0. The fourth-order valence-electron chi connectivity index (χ4n) is 1.52. The first kappa shape index (κ1) is 10.4. The molecule has 1 atom stereocenters. The first-order chi connectivity index (χ1) is 7.15. The molecule has 0 aromatic heterocycles. The molecule has 1 unspecified atom stereocenters. The van der Waals surface area contributed by atoms with Crippen molar-refractivity contribution < 1.29 is 19.3 Å². The Hall–Kier alpha value is -1.13. The van der Waals surface area contributed by atoms with E-state index < -0.39 is 6.10 Å². The summed E-state index contributed by atoms with van der Waals surface area (Å²) in [7, 11) is 1.50. The summed E-state index contributed by atoms with van der Waals surface area (Å²) in [5, 5.41) is 9.89. The summed E-state index contributed by atoms with van der Waals surface area (Å²) >= 11 is 6.06. The molecule has 1 aromatic carbocycles. The number of ether oxygens (including phenoxy) is 3. The van der Waals surface area contributed by atoms with Gasteiger partial charge in [0.15, 0.2) is 11.5 Å². The van der Waals surface area contributed by atoms with Gasteiger partial charge in [0, 0.05) is 5.56 Å². The maximum Gasteiger partial charge on any atom is 0.231 e. The minimum absolute atomic E-state index is 0.140. The van der Waals surface area contributed by atoms with E-state index in [1.54, 1.807) is 13.0 Å². The van der Waals surface area contributed by atoms with E-state index >= 15 is 0 Å². The van der Waals surface area contributed by atoms with E-state index in [1.807, 2.05) is 0 Å².